The minimum absolute atomic E-state index is 0.733. The first-order valence-corrected chi connectivity index (χ1v) is 8.41. The fourth-order valence-corrected chi connectivity index (χ4v) is 3.68. The van der Waals surface area contributed by atoms with Crippen molar-refractivity contribution in [3.8, 4) is 0 Å². The highest BCUT2D eigenvalue weighted by Gasteiger charge is 2.19. The van der Waals surface area contributed by atoms with E-state index in [1.54, 1.807) is 0 Å². The highest BCUT2D eigenvalue weighted by Crippen LogP contribution is 2.26. The normalized spacial score (nSPS) is 19.9. The van der Waals surface area contributed by atoms with Gasteiger partial charge in [-0.05, 0) is 56.7 Å². The lowest BCUT2D eigenvalue weighted by Gasteiger charge is -2.34. The maximum Gasteiger partial charge on any atom is 0.0406 e. The topological polar surface area (TPSA) is 3.24 Å². The molecule has 2 rings (SSSR count). The Morgan fingerprint density at radius 1 is 1.18 bits per heavy atom. The molecule has 0 N–H and O–H groups in total. The van der Waals surface area contributed by atoms with Gasteiger partial charge in [-0.3, -0.25) is 4.90 Å². The molecule has 2 atom stereocenters. The summed E-state index contributed by atoms with van der Waals surface area (Å²) in [4.78, 5) is 2.68. The van der Waals surface area contributed by atoms with Crippen molar-refractivity contribution in [3.63, 3.8) is 0 Å². The number of piperidine rings is 1. The first-order valence-electron chi connectivity index (χ1n) is 6.45. The summed E-state index contributed by atoms with van der Waals surface area (Å²) in [6.45, 7) is 4.91. The average molecular weight is 270 g/mol. The van der Waals surface area contributed by atoms with Crippen molar-refractivity contribution in [1.82, 2.24) is 4.90 Å². The average Bonchev–Trinajstić information content (AvgIpc) is 2.39. The van der Waals surface area contributed by atoms with E-state index in [1.165, 1.54) is 44.3 Å². The third-order valence-corrected chi connectivity index (χ3v) is 4.99. The summed E-state index contributed by atoms with van der Waals surface area (Å²) in [5.41, 5.74) is 1.42. The number of nitrogens with zero attached hydrogens (tertiary/aromatic N) is 1. The summed E-state index contributed by atoms with van der Waals surface area (Å²) in [6, 6.07) is 8.34. The fraction of sp³-hybridized carbons (Fsp3) is 0.571. The summed E-state index contributed by atoms with van der Waals surface area (Å²) < 4.78 is 0. The molecule has 1 aromatic carbocycles. The van der Waals surface area contributed by atoms with Crippen LogP contribution in [-0.2, 0) is 6.42 Å². The van der Waals surface area contributed by atoms with E-state index >= 15 is 0 Å². The Morgan fingerprint density at radius 2 is 1.82 bits per heavy atom. The smallest absolute Gasteiger partial charge is 0.0406 e. The van der Waals surface area contributed by atoms with Crippen LogP contribution in [0.1, 0.15) is 24.8 Å². The van der Waals surface area contributed by atoms with Crippen LogP contribution in [0.2, 0.25) is 5.02 Å². The van der Waals surface area contributed by atoms with Gasteiger partial charge < -0.3 is 0 Å². The monoisotopic (exact) mass is 269 g/mol. The molecule has 2 unspecified atom stereocenters. The van der Waals surface area contributed by atoms with E-state index in [0.29, 0.717) is 0 Å². The molecular formula is C14H21ClNP. The van der Waals surface area contributed by atoms with Crippen LogP contribution in [-0.4, -0.2) is 30.4 Å². The lowest BCUT2D eigenvalue weighted by Crippen LogP contribution is -2.37. The third kappa shape index (κ3) is 3.95. The maximum absolute atomic E-state index is 5.92. The summed E-state index contributed by atoms with van der Waals surface area (Å²) in [6.07, 6.45) is 5.34. The minimum Gasteiger partial charge on any atom is -0.296 e. The highest BCUT2D eigenvalue weighted by atomic mass is 35.5. The van der Waals surface area contributed by atoms with Crippen molar-refractivity contribution < 1.29 is 0 Å². The van der Waals surface area contributed by atoms with Crippen molar-refractivity contribution in [2.45, 2.75) is 31.5 Å². The van der Waals surface area contributed by atoms with Gasteiger partial charge in [0.15, 0.2) is 0 Å². The molecule has 3 heteroatoms. The molecule has 1 fully saturated rings. The molecule has 1 saturated heterocycles. The molecule has 0 aliphatic carbocycles. The Morgan fingerprint density at radius 3 is 2.41 bits per heavy atom. The van der Waals surface area contributed by atoms with Gasteiger partial charge in [0.25, 0.3) is 0 Å². The zero-order valence-electron chi connectivity index (χ0n) is 10.5. The molecule has 1 nitrogen and oxygen atoms in total. The SMILES string of the molecule is CPC(Cc1ccc(Cl)cc1)N1CCCCC1. The molecule has 0 radical (unpaired) electrons. The van der Waals surface area contributed by atoms with Crippen LogP contribution in [0.4, 0.5) is 0 Å². The first kappa shape index (κ1) is 13.3. The molecule has 94 valence electrons. The second kappa shape index (κ2) is 6.73. The highest BCUT2D eigenvalue weighted by molar-refractivity contribution is 7.37. The van der Waals surface area contributed by atoms with E-state index < -0.39 is 0 Å². The molecule has 0 spiro atoms. The zero-order valence-corrected chi connectivity index (χ0v) is 12.2. The Bertz CT molecular complexity index is 333. The first-order chi connectivity index (χ1) is 8.29. The molecule has 0 amide bonds. The molecular weight excluding hydrogens is 249 g/mol. The molecule has 0 saturated carbocycles. The van der Waals surface area contributed by atoms with Gasteiger partial charge in [-0.1, -0.05) is 30.2 Å². The van der Waals surface area contributed by atoms with Crippen LogP contribution >= 0.6 is 20.2 Å². The van der Waals surface area contributed by atoms with Crippen molar-refractivity contribution in [3.05, 3.63) is 34.9 Å². The predicted molar refractivity (Wildman–Crippen MR) is 78.6 cm³/mol. The van der Waals surface area contributed by atoms with E-state index in [2.05, 4.69) is 23.7 Å². The van der Waals surface area contributed by atoms with E-state index in [9.17, 15) is 0 Å². The maximum atomic E-state index is 5.92. The second-order valence-corrected chi connectivity index (χ2v) is 6.41. The van der Waals surface area contributed by atoms with E-state index in [-0.39, 0.29) is 0 Å². The van der Waals surface area contributed by atoms with Gasteiger partial charge in [-0.15, -0.1) is 8.58 Å². The van der Waals surface area contributed by atoms with E-state index in [4.69, 9.17) is 11.6 Å². The number of benzene rings is 1. The lowest BCUT2D eigenvalue weighted by atomic mass is 10.1. The van der Waals surface area contributed by atoms with Crippen molar-refractivity contribution in [1.29, 1.82) is 0 Å². The number of likely N-dealkylation sites (tertiary alicyclic amines) is 1. The van der Waals surface area contributed by atoms with E-state index in [1.807, 2.05) is 12.1 Å². The van der Waals surface area contributed by atoms with Crippen LogP contribution in [0.3, 0.4) is 0 Å². The summed E-state index contributed by atoms with van der Waals surface area (Å²) in [5.74, 6) is 0.733. The number of hydrogen-bond acceptors (Lipinski definition) is 1. The predicted octanol–water partition coefficient (Wildman–Crippen LogP) is 4.00. The molecule has 1 aromatic rings. The Hall–Kier alpha value is -0.100. The Kier molecular flexibility index (Phi) is 5.28. The summed E-state index contributed by atoms with van der Waals surface area (Å²) in [7, 11) is 0.995. The van der Waals surface area contributed by atoms with Crippen molar-refractivity contribution in [2.75, 3.05) is 19.8 Å². The summed E-state index contributed by atoms with van der Waals surface area (Å²) in [5, 5.41) is 0.835. The van der Waals surface area contributed by atoms with Gasteiger partial charge in [0.05, 0.1) is 0 Å². The lowest BCUT2D eigenvalue weighted by molar-refractivity contribution is 0.211. The standard InChI is InChI=1S/C14H21ClNP/c1-17-14(16-9-3-2-4-10-16)11-12-5-7-13(15)8-6-12/h5-8,14,17H,2-4,9-11H2,1H3. The van der Waals surface area contributed by atoms with E-state index in [0.717, 1.165) is 19.4 Å². The minimum atomic E-state index is 0.733. The second-order valence-electron chi connectivity index (χ2n) is 4.73. The molecule has 1 heterocycles. The molecule has 17 heavy (non-hydrogen) atoms. The van der Waals surface area contributed by atoms with Gasteiger partial charge in [0.1, 0.15) is 0 Å². The number of hydrogen-bond donors (Lipinski definition) is 0. The Balaban J connectivity index is 1.96. The fourth-order valence-electron chi connectivity index (χ4n) is 2.49. The van der Waals surface area contributed by atoms with Gasteiger partial charge >= 0.3 is 0 Å². The van der Waals surface area contributed by atoms with Gasteiger partial charge in [0.2, 0.25) is 0 Å². The van der Waals surface area contributed by atoms with Crippen molar-refractivity contribution >= 4 is 20.2 Å². The van der Waals surface area contributed by atoms with Crippen LogP contribution in [0, 0.1) is 0 Å². The van der Waals surface area contributed by atoms with Crippen LogP contribution in [0.5, 0.6) is 0 Å². The van der Waals surface area contributed by atoms with Gasteiger partial charge in [0, 0.05) is 10.8 Å². The van der Waals surface area contributed by atoms with Gasteiger partial charge in [-0.2, -0.15) is 0 Å². The molecule has 1 aliphatic rings. The van der Waals surface area contributed by atoms with Gasteiger partial charge in [-0.25, -0.2) is 0 Å². The van der Waals surface area contributed by atoms with Crippen molar-refractivity contribution in [2.24, 2.45) is 0 Å². The molecule has 0 aromatic heterocycles. The molecule has 1 aliphatic heterocycles. The third-order valence-electron chi connectivity index (χ3n) is 3.51. The van der Waals surface area contributed by atoms with Crippen LogP contribution < -0.4 is 0 Å². The van der Waals surface area contributed by atoms with Crippen LogP contribution in [0.25, 0.3) is 0 Å². The largest absolute Gasteiger partial charge is 0.296 e. The Labute approximate surface area is 111 Å². The summed E-state index contributed by atoms with van der Waals surface area (Å²) >= 11 is 5.92. The van der Waals surface area contributed by atoms with Crippen LogP contribution in [0.15, 0.2) is 24.3 Å². The quantitative estimate of drug-likeness (QED) is 0.747. The number of rotatable bonds is 4. The molecule has 0 bridgehead atoms. The zero-order chi connectivity index (χ0) is 12.1. The number of halogens is 1.